The van der Waals surface area contributed by atoms with Crippen LogP contribution in [0.25, 0.3) is 11.6 Å². The molecule has 0 bridgehead atoms. The van der Waals surface area contributed by atoms with Crippen LogP contribution >= 0.6 is 11.6 Å². The van der Waals surface area contributed by atoms with Crippen LogP contribution in [0.4, 0.5) is 11.8 Å². The smallest absolute Gasteiger partial charge is 0.315 e. The van der Waals surface area contributed by atoms with E-state index >= 15 is 0 Å². The van der Waals surface area contributed by atoms with Gasteiger partial charge < -0.3 is 19.5 Å². The number of nitrogens with zero attached hydrogens (tertiary/aromatic N) is 8. The van der Waals surface area contributed by atoms with E-state index in [0.717, 1.165) is 51.1 Å². The van der Waals surface area contributed by atoms with Gasteiger partial charge in [0.25, 0.3) is 11.8 Å². The fraction of sp³-hybridized carbons (Fsp3) is 0.556. The normalized spacial score (nSPS) is 20.8. The summed E-state index contributed by atoms with van der Waals surface area (Å²) in [5.74, 6) is 1.02. The van der Waals surface area contributed by atoms with Gasteiger partial charge in [-0.3, -0.25) is 14.7 Å². The molecule has 0 aromatic carbocycles. The van der Waals surface area contributed by atoms with E-state index < -0.39 is 0 Å². The van der Waals surface area contributed by atoms with Gasteiger partial charge in [-0.15, -0.1) is 5.10 Å². The number of hydrogen-bond donors (Lipinski definition) is 1. The number of aromatic nitrogens is 5. The lowest BCUT2D eigenvalue weighted by atomic mass is 9.96. The van der Waals surface area contributed by atoms with Crippen LogP contribution in [0.2, 0.25) is 5.15 Å². The lowest BCUT2D eigenvalue weighted by Crippen LogP contribution is -2.62. The van der Waals surface area contributed by atoms with Crippen molar-refractivity contribution >= 4 is 29.3 Å². The summed E-state index contributed by atoms with van der Waals surface area (Å²) in [6, 6.07) is 5.09. The van der Waals surface area contributed by atoms with Crippen molar-refractivity contribution in [2.24, 2.45) is 0 Å². The number of amides is 1. The molecule has 5 heterocycles. The molecule has 0 radical (unpaired) electrons. The average molecular weight is 554 g/mol. The van der Waals surface area contributed by atoms with Crippen molar-refractivity contribution in [3.8, 4) is 11.6 Å². The van der Waals surface area contributed by atoms with Crippen molar-refractivity contribution < 1.29 is 9.21 Å². The average Bonchev–Trinajstić information content (AvgIpc) is 3.42. The van der Waals surface area contributed by atoms with Crippen LogP contribution in [0, 0.1) is 6.92 Å². The summed E-state index contributed by atoms with van der Waals surface area (Å²) in [6.07, 6.45) is 6.25. The molecule has 3 aromatic rings. The van der Waals surface area contributed by atoms with Gasteiger partial charge in [0.1, 0.15) is 5.69 Å². The first-order valence-electron chi connectivity index (χ1n) is 13.7. The highest BCUT2D eigenvalue weighted by atomic mass is 35.5. The van der Waals surface area contributed by atoms with E-state index in [1.165, 1.54) is 0 Å². The maximum atomic E-state index is 13.0. The van der Waals surface area contributed by atoms with Crippen molar-refractivity contribution in [1.29, 1.82) is 0 Å². The molecular weight excluding hydrogens is 518 g/mol. The monoisotopic (exact) mass is 553 g/mol. The summed E-state index contributed by atoms with van der Waals surface area (Å²) >= 11 is 6.65. The number of halogens is 1. The first-order chi connectivity index (χ1) is 18.9. The van der Waals surface area contributed by atoms with E-state index in [9.17, 15) is 4.79 Å². The van der Waals surface area contributed by atoms with Crippen LogP contribution in [-0.2, 0) is 0 Å². The number of piperidine rings is 1. The third kappa shape index (κ3) is 5.84. The Morgan fingerprint density at radius 1 is 1.13 bits per heavy atom. The first kappa shape index (κ1) is 27.3. The highest BCUT2D eigenvalue weighted by molar-refractivity contribution is 6.31. The minimum absolute atomic E-state index is 0.0706. The Bertz CT molecular complexity index is 1280. The molecule has 1 N–H and O–H groups in total. The molecule has 2 aliphatic heterocycles. The summed E-state index contributed by atoms with van der Waals surface area (Å²) in [5, 5.41) is 11.3. The maximum absolute atomic E-state index is 13.0. The van der Waals surface area contributed by atoms with Crippen LogP contribution in [0.15, 0.2) is 28.9 Å². The summed E-state index contributed by atoms with van der Waals surface area (Å²) in [5.41, 5.74) is 2.02. The van der Waals surface area contributed by atoms with Gasteiger partial charge in [-0.2, -0.15) is 0 Å². The standard InChI is InChI=1S/C27H36ClN9O2/c1-5-20-16-36(24-23(28)32-22(14-31-24)25-33-34-27(39-25)29-6-2)18(4)15-37(20)21-9-11-35(12-10-21)26(38)19-8-7-17(3)30-13-19/h7-8,13-14,18,20-21H,5-6,9-12,15-16H2,1-4H3,(H,29,34). The molecule has 11 nitrogen and oxygen atoms in total. The Labute approximate surface area is 234 Å². The van der Waals surface area contributed by atoms with E-state index in [4.69, 9.17) is 16.0 Å². The molecule has 1 amide bonds. The number of rotatable bonds is 7. The highest BCUT2D eigenvalue weighted by Crippen LogP contribution is 2.32. The number of nitrogens with one attached hydrogen (secondary N) is 1. The number of piperazine rings is 1. The van der Waals surface area contributed by atoms with Gasteiger partial charge in [0.05, 0.1) is 11.8 Å². The second-order valence-corrected chi connectivity index (χ2v) is 10.6. The van der Waals surface area contributed by atoms with Gasteiger partial charge >= 0.3 is 6.01 Å². The second kappa shape index (κ2) is 11.8. The Balaban J connectivity index is 1.23. The molecule has 2 saturated heterocycles. The molecule has 2 atom stereocenters. The number of carbonyl (C=O) groups is 1. The van der Waals surface area contributed by atoms with Crippen molar-refractivity contribution in [3.05, 3.63) is 40.9 Å². The van der Waals surface area contributed by atoms with Gasteiger partial charge in [-0.05, 0) is 52.2 Å². The number of hydrogen-bond acceptors (Lipinski definition) is 10. The molecule has 5 rings (SSSR count). The molecule has 208 valence electrons. The van der Waals surface area contributed by atoms with E-state index in [2.05, 4.69) is 54.1 Å². The van der Waals surface area contributed by atoms with Crippen molar-refractivity contribution in [3.63, 3.8) is 0 Å². The Morgan fingerprint density at radius 3 is 2.59 bits per heavy atom. The highest BCUT2D eigenvalue weighted by Gasteiger charge is 2.38. The Morgan fingerprint density at radius 2 is 1.92 bits per heavy atom. The lowest BCUT2D eigenvalue weighted by molar-refractivity contribution is 0.0434. The quantitative estimate of drug-likeness (QED) is 0.461. The molecule has 2 aliphatic rings. The topological polar surface area (TPSA) is 116 Å². The number of likely N-dealkylation sites (tertiary alicyclic amines) is 1. The molecule has 3 aromatic heterocycles. The Kier molecular flexibility index (Phi) is 8.27. The van der Waals surface area contributed by atoms with Gasteiger partial charge in [-0.1, -0.05) is 23.6 Å². The molecule has 2 unspecified atom stereocenters. The molecule has 0 spiro atoms. The predicted octanol–water partition coefficient (Wildman–Crippen LogP) is 3.91. The van der Waals surface area contributed by atoms with Crippen LogP contribution in [0.5, 0.6) is 0 Å². The zero-order valence-electron chi connectivity index (χ0n) is 23.0. The van der Waals surface area contributed by atoms with Crippen molar-refractivity contribution in [2.75, 3.05) is 42.9 Å². The second-order valence-electron chi connectivity index (χ2n) is 10.3. The zero-order chi connectivity index (χ0) is 27.5. The van der Waals surface area contributed by atoms with E-state index in [0.29, 0.717) is 46.9 Å². The third-order valence-corrected chi connectivity index (χ3v) is 7.94. The first-order valence-corrected chi connectivity index (χ1v) is 14.1. The Hall–Kier alpha value is -3.31. The molecule has 0 aliphatic carbocycles. The number of pyridine rings is 1. The minimum Gasteiger partial charge on any atom is -0.402 e. The van der Waals surface area contributed by atoms with Crippen LogP contribution in [0.1, 0.15) is 56.1 Å². The number of carbonyl (C=O) groups excluding carboxylic acids is 1. The van der Waals surface area contributed by atoms with Gasteiger partial charge in [0, 0.05) is 62.7 Å². The van der Waals surface area contributed by atoms with Gasteiger partial charge in [0.15, 0.2) is 11.0 Å². The van der Waals surface area contributed by atoms with Gasteiger partial charge in [-0.25, -0.2) is 9.97 Å². The summed E-state index contributed by atoms with van der Waals surface area (Å²) in [6.45, 7) is 12.2. The summed E-state index contributed by atoms with van der Waals surface area (Å²) in [4.78, 5) is 33.3. The molecule has 0 saturated carbocycles. The fourth-order valence-electron chi connectivity index (χ4n) is 5.55. The number of aryl methyl sites for hydroxylation is 1. The summed E-state index contributed by atoms with van der Waals surface area (Å²) in [7, 11) is 0. The SMILES string of the molecule is CCNc1nnc(-c2cnc(N3CC(CC)N(C4CCN(C(=O)c5ccc(C)nc5)CC4)CC3C)c(Cl)n2)o1. The van der Waals surface area contributed by atoms with E-state index in [1.807, 2.05) is 30.9 Å². The van der Waals surface area contributed by atoms with E-state index in [-0.39, 0.29) is 17.8 Å². The predicted molar refractivity (Wildman–Crippen MR) is 150 cm³/mol. The van der Waals surface area contributed by atoms with E-state index in [1.54, 1.807) is 12.4 Å². The largest absolute Gasteiger partial charge is 0.402 e. The van der Waals surface area contributed by atoms with Crippen molar-refractivity contribution in [1.82, 2.24) is 34.9 Å². The molecule has 39 heavy (non-hydrogen) atoms. The van der Waals surface area contributed by atoms with Gasteiger partial charge in [0.2, 0.25) is 0 Å². The van der Waals surface area contributed by atoms with Crippen molar-refractivity contribution in [2.45, 2.75) is 65.1 Å². The molecular formula is C27H36ClN9O2. The summed E-state index contributed by atoms with van der Waals surface area (Å²) < 4.78 is 5.60. The molecule has 2 fully saturated rings. The van der Waals surface area contributed by atoms with Crippen LogP contribution < -0.4 is 10.2 Å². The maximum Gasteiger partial charge on any atom is 0.315 e. The fourth-order valence-corrected chi connectivity index (χ4v) is 5.80. The number of anilines is 2. The molecule has 12 heteroatoms. The minimum atomic E-state index is 0.0706. The van der Waals surface area contributed by atoms with Crippen LogP contribution in [0.3, 0.4) is 0 Å². The lowest BCUT2D eigenvalue weighted by Gasteiger charge is -2.50. The third-order valence-electron chi connectivity index (χ3n) is 7.69. The zero-order valence-corrected chi connectivity index (χ0v) is 23.7. The van der Waals surface area contributed by atoms with Crippen LogP contribution in [-0.4, -0.2) is 91.7 Å².